The summed E-state index contributed by atoms with van der Waals surface area (Å²) in [5.74, 6) is 0. The highest BCUT2D eigenvalue weighted by Crippen LogP contribution is 2.38. The van der Waals surface area contributed by atoms with Crippen LogP contribution in [0.3, 0.4) is 0 Å². The molecular weight excluding hydrogens is 248 g/mol. The van der Waals surface area contributed by atoms with E-state index in [0.29, 0.717) is 0 Å². The third-order valence-electron chi connectivity index (χ3n) is 2.57. The second kappa shape index (κ2) is 6.12. The van der Waals surface area contributed by atoms with Gasteiger partial charge in [0.2, 0.25) is 0 Å². The molecule has 0 atom stereocenters. The molecule has 0 N–H and O–H groups in total. The van der Waals surface area contributed by atoms with Gasteiger partial charge < -0.3 is 0 Å². The minimum atomic E-state index is 0.205. The van der Waals surface area contributed by atoms with Crippen LogP contribution in [0.4, 0.5) is 0 Å². The average molecular weight is 268 g/mol. The van der Waals surface area contributed by atoms with E-state index < -0.39 is 0 Å². The van der Waals surface area contributed by atoms with Crippen LogP contribution in [0.5, 0.6) is 0 Å². The second-order valence-electron chi connectivity index (χ2n) is 5.50. The molecule has 98 valence electrons. The Morgan fingerprint density at radius 3 is 1.89 bits per heavy atom. The molecule has 0 saturated carbocycles. The van der Waals surface area contributed by atoms with E-state index in [1.165, 1.54) is 16.0 Å². The van der Waals surface area contributed by atoms with E-state index in [1.807, 2.05) is 11.8 Å². The number of hydrogen-bond acceptors (Lipinski definition) is 1. The summed E-state index contributed by atoms with van der Waals surface area (Å²) < 4.78 is 0.205. The lowest BCUT2D eigenvalue weighted by Gasteiger charge is -2.20. The van der Waals surface area contributed by atoms with E-state index >= 15 is 0 Å². The zero-order valence-electron chi connectivity index (χ0n) is 11.8. The molecule has 0 amide bonds. The quantitative estimate of drug-likeness (QED) is 0.642. The maximum absolute atomic E-state index is 2.27. The van der Waals surface area contributed by atoms with Crippen molar-refractivity contribution in [2.75, 3.05) is 0 Å². The van der Waals surface area contributed by atoms with Gasteiger partial charge in [0.25, 0.3) is 0 Å². The number of benzene rings is 2. The fraction of sp³-hybridized carbons (Fsp3) is 0.222. The summed E-state index contributed by atoms with van der Waals surface area (Å²) in [6.07, 6.45) is 2.27. The molecule has 0 aliphatic carbocycles. The molecule has 0 aliphatic rings. The Morgan fingerprint density at radius 1 is 0.842 bits per heavy atom. The van der Waals surface area contributed by atoms with Gasteiger partial charge in [-0.25, -0.2) is 0 Å². The fourth-order valence-electron chi connectivity index (χ4n) is 1.80. The Balaban J connectivity index is 2.38. The van der Waals surface area contributed by atoms with Gasteiger partial charge in [-0.15, -0.1) is 11.8 Å². The van der Waals surface area contributed by atoms with Crippen LogP contribution in [0, 0.1) is 0 Å². The molecule has 2 aromatic carbocycles. The van der Waals surface area contributed by atoms with Crippen molar-refractivity contribution in [3.8, 4) is 0 Å². The number of hydrogen-bond donors (Lipinski definition) is 0. The van der Waals surface area contributed by atoms with Crippen molar-refractivity contribution >= 4 is 22.7 Å². The maximum Gasteiger partial charge on any atom is 0.0156 e. The molecule has 0 unspecified atom stereocenters. The molecule has 0 heterocycles. The highest BCUT2D eigenvalue weighted by Gasteiger charge is 2.15. The van der Waals surface area contributed by atoms with Crippen molar-refractivity contribution in [2.24, 2.45) is 0 Å². The summed E-state index contributed by atoms with van der Waals surface area (Å²) in [4.78, 5) is 1.32. The first-order valence-electron chi connectivity index (χ1n) is 6.56. The van der Waals surface area contributed by atoms with Crippen LogP contribution in [0.25, 0.3) is 11.0 Å². The SMILES string of the molecule is CC(C)(C)S/C(=C/c1ccccc1)c1ccccc1. The van der Waals surface area contributed by atoms with Crippen molar-refractivity contribution < 1.29 is 0 Å². The first-order chi connectivity index (χ1) is 9.04. The normalized spacial score (nSPS) is 12.5. The van der Waals surface area contributed by atoms with Crippen LogP contribution in [0.2, 0.25) is 0 Å². The zero-order chi connectivity index (χ0) is 13.7. The Morgan fingerprint density at radius 2 is 1.37 bits per heavy atom. The van der Waals surface area contributed by atoms with Crippen molar-refractivity contribution in [1.29, 1.82) is 0 Å². The molecule has 19 heavy (non-hydrogen) atoms. The Kier molecular flexibility index (Phi) is 4.49. The lowest BCUT2D eigenvalue weighted by Crippen LogP contribution is -2.07. The molecule has 0 radical (unpaired) electrons. The Bertz CT molecular complexity index is 533. The van der Waals surface area contributed by atoms with Gasteiger partial charge in [0, 0.05) is 9.65 Å². The van der Waals surface area contributed by atoms with Gasteiger partial charge in [-0.3, -0.25) is 0 Å². The third-order valence-corrected chi connectivity index (χ3v) is 3.76. The van der Waals surface area contributed by atoms with Gasteiger partial charge in [0.1, 0.15) is 0 Å². The molecule has 0 aliphatic heterocycles. The van der Waals surface area contributed by atoms with E-state index in [9.17, 15) is 0 Å². The monoisotopic (exact) mass is 268 g/mol. The minimum Gasteiger partial charge on any atom is -0.120 e. The molecule has 2 rings (SSSR count). The molecule has 0 bridgehead atoms. The Labute approximate surface area is 120 Å². The molecule has 0 aromatic heterocycles. The van der Waals surface area contributed by atoms with E-state index in [0.717, 1.165) is 0 Å². The third kappa shape index (κ3) is 4.60. The number of rotatable bonds is 3. The van der Waals surface area contributed by atoms with E-state index in [-0.39, 0.29) is 4.75 Å². The summed E-state index contributed by atoms with van der Waals surface area (Å²) in [6.45, 7) is 6.75. The standard InChI is InChI=1S/C18H20S/c1-18(2,3)19-17(16-12-8-5-9-13-16)14-15-10-6-4-7-11-15/h4-14H,1-3H3/b17-14+. The molecule has 0 spiro atoms. The van der Waals surface area contributed by atoms with E-state index in [1.54, 1.807) is 0 Å². The van der Waals surface area contributed by atoms with Gasteiger partial charge in [-0.1, -0.05) is 81.4 Å². The summed E-state index contributed by atoms with van der Waals surface area (Å²) in [7, 11) is 0. The van der Waals surface area contributed by atoms with Crippen LogP contribution in [0.1, 0.15) is 31.9 Å². The predicted molar refractivity (Wildman–Crippen MR) is 88.1 cm³/mol. The molecule has 0 fully saturated rings. The van der Waals surface area contributed by atoms with Gasteiger partial charge in [-0.2, -0.15) is 0 Å². The average Bonchev–Trinajstić information content (AvgIpc) is 2.39. The lowest BCUT2D eigenvalue weighted by atomic mass is 10.1. The molecule has 2 aromatic rings. The van der Waals surface area contributed by atoms with Crippen LogP contribution in [-0.4, -0.2) is 4.75 Å². The van der Waals surface area contributed by atoms with Crippen LogP contribution in [-0.2, 0) is 0 Å². The summed E-state index contributed by atoms with van der Waals surface area (Å²) in [5, 5.41) is 0. The maximum atomic E-state index is 2.27. The lowest BCUT2D eigenvalue weighted by molar-refractivity contribution is 0.808. The first kappa shape index (κ1) is 14.0. The van der Waals surface area contributed by atoms with Crippen molar-refractivity contribution in [1.82, 2.24) is 0 Å². The van der Waals surface area contributed by atoms with Crippen molar-refractivity contribution in [3.63, 3.8) is 0 Å². The van der Waals surface area contributed by atoms with Crippen LogP contribution in [0.15, 0.2) is 60.7 Å². The molecule has 0 saturated heterocycles. The van der Waals surface area contributed by atoms with Crippen molar-refractivity contribution in [2.45, 2.75) is 25.5 Å². The minimum absolute atomic E-state index is 0.205. The topological polar surface area (TPSA) is 0 Å². The first-order valence-corrected chi connectivity index (χ1v) is 7.37. The van der Waals surface area contributed by atoms with E-state index in [2.05, 4.69) is 87.5 Å². The van der Waals surface area contributed by atoms with Crippen LogP contribution >= 0.6 is 11.8 Å². The van der Waals surface area contributed by atoms with Crippen molar-refractivity contribution in [3.05, 3.63) is 71.8 Å². The summed E-state index contributed by atoms with van der Waals surface area (Å²) in [5.41, 5.74) is 2.53. The second-order valence-corrected chi connectivity index (χ2v) is 7.37. The number of thioether (sulfide) groups is 1. The van der Waals surface area contributed by atoms with Gasteiger partial charge in [0.15, 0.2) is 0 Å². The predicted octanol–water partition coefficient (Wildman–Crippen LogP) is 5.72. The van der Waals surface area contributed by atoms with Gasteiger partial charge in [-0.05, 0) is 17.2 Å². The van der Waals surface area contributed by atoms with Gasteiger partial charge in [0.05, 0.1) is 0 Å². The smallest absolute Gasteiger partial charge is 0.0156 e. The molecular formula is C18H20S. The highest BCUT2D eigenvalue weighted by atomic mass is 32.2. The van der Waals surface area contributed by atoms with Crippen LogP contribution < -0.4 is 0 Å². The fourth-order valence-corrected chi connectivity index (χ4v) is 2.91. The van der Waals surface area contributed by atoms with Gasteiger partial charge >= 0.3 is 0 Å². The zero-order valence-corrected chi connectivity index (χ0v) is 12.6. The van der Waals surface area contributed by atoms with E-state index in [4.69, 9.17) is 0 Å². The largest absolute Gasteiger partial charge is 0.120 e. The highest BCUT2D eigenvalue weighted by molar-refractivity contribution is 8.09. The molecule has 1 heteroatoms. The summed E-state index contributed by atoms with van der Waals surface area (Å²) in [6, 6.07) is 21.1. The Hall–Kier alpha value is -1.47. The molecule has 0 nitrogen and oxygen atoms in total. The summed E-state index contributed by atoms with van der Waals surface area (Å²) >= 11 is 1.91.